The van der Waals surface area contributed by atoms with Crippen molar-refractivity contribution in [3.63, 3.8) is 0 Å². The molecule has 0 bridgehead atoms. The highest BCUT2D eigenvalue weighted by Crippen LogP contribution is 2.32. The molecule has 0 saturated carbocycles. The Hall–Kier alpha value is -2.84. The van der Waals surface area contributed by atoms with Gasteiger partial charge in [0.2, 0.25) is 0 Å². The first-order valence-corrected chi connectivity index (χ1v) is 10.7. The molecule has 2 heterocycles. The molecule has 2 aliphatic rings. The number of allylic oxidation sites excluding steroid dienone is 2. The summed E-state index contributed by atoms with van der Waals surface area (Å²) in [6.45, 7) is 8.81. The van der Waals surface area contributed by atoms with Crippen molar-refractivity contribution in [3.8, 4) is 0 Å². The summed E-state index contributed by atoms with van der Waals surface area (Å²) in [4.78, 5) is 52.6. The summed E-state index contributed by atoms with van der Waals surface area (Å²) in [7, 11) is 0. The van der Waals surface area contributed by atoms with Crippen molar-refractivity contribution < 1.29 is 33.4 Å². The van der Waals surface area contributed by atoms with E-state index < -0.39 is 30.4 Å². The number of rotatable bonds is 7. The van der Waals surface area contributed by atoms with Crippen molar-refractivity contribution >= 4 is 23.8 Å². The van der Waals surface area contributed by atoms with Gasteiger partial charge >= 0.3 is 17.9 Å². The number of dihydropyridines is 1. The summed E-state index contributed by atoms with van der Waals surface area (Å²) in [6, 6.07) is 0.0771. The van der Waals surface area contributed by atoms with Crippen molar-refractivity contribution in [2.45, 2.75) is 59.9 Å². The normalized spacial score (nSPS) is 19.6. The van der Waals surface area contributed by atoms with Gasteiger partial charge in [0, 0.05) is 24.0 Å². The summed E-state index contributed by atoms with van der Waals surface area (Å²) in [5.41, 5.74) is 0.697. The molecule has 1 amide bonds. The molecule has 9 nitrogen and oxygen atoms in total. The highest BCUT2D eigenvalue weighted by molar-refractivity contribution is 6.05. The summed E-state index contributed by atoms with van der Waals surface area (Å²) < 4.78 is 15.5. The van der Waals surface area contributed by atoms with Crippen molar-refractivity contribution in [1.29, 1.82) is 0 Å². The molecule has 1 atom stereocenters. The van der Waals surface area contributed by atoms with Gasteiger partial charge in [-0.1, -0.05) is 0 Å². The largest absolute Gasteiger partial charge is 0.463 e. The second-order valence-electron chi connectivity index (χ2n) is 7.62. The third-order valence-electron chi connectivity index (χ3n) is 5.45. The fraction of sp³-hybridized carbons (Fsp3) is 0.636. The number of hydrogen-bond acceptors (Lipinski definition) is 8. The number of hydrogen-bond donors (Lipinski definition) is 1. The van der Waals surface area contributed by atoms with Crippen LogP contribution in [0.2, 0.25) is 0 Å². The summed E-state index contributed by atoms with van der Waals surface area (Å²) in [6.07, 6.45) is 2.86. The van der Waals surface area contributed by atoms with Crippen LogP contribution in [0.5, 0.6) is 0 Å². The molecule has 1 fully saturated rings. The van der Waals surface area contributed by atoms with Crippen LogP contribution < -0.4 is 5.32 Å². The number of carbonyl (C=O) groups is 4. The number of ether oxygens (including phenoxy) is 3. The Balaban J connectivity index is 2.28. The zero-order chi connectivity index (χ0) is 23.1. The first-order valence-electron chi connectivity index (χ1n) is 10.7. The molecule has 9 heteroatoms. The molecule has 172 valence electrons. The standard InChI is InChI=1S/C22H32N2O7/c1-6-29-20(26)17-14(4)23-15(5)18(21(27)30-7-2)19(17)22(28)31-12-16(25)24-11-9-8-10-13(24)3/h13,19,23H,6-12H2,1-5H3/t13-/m1/s1. The van der Waals surface area contributed by atoms with Crippen LogP contribution >= 0.6 is 0 Å². The Morgan fingerprint density at radius 1 is 0.935 bits per heavy atom. The molecule has 0 spiro atoms. The zero-order valence-corrected chi connectivity index (χ0v) is 18.9. The molecule has 31 heavy (non-hydrogen) atoms. The van der Waals surface area contributed by atoms with Gasteiger partial charge in [0.05, 0.1) is 24.4 Å². The number of nitrogens with one attached hydrogen (secondary N) is 1. The Morgan fingerprint density at radius 2 is 1.48 bits per heavy atom. The molecule has 0 aromatic carbocycles. The van der Waals surface area contributed by atoms with Gasteiger partial charge in [-0.3, -0.25) is 9.59 Å². The van der Waals surface area contributed by atoms with Gasteiger partial charge in [-0.15, -0.1) is 0 Å². The molecular formula is C22H32N2O7. The highest BCUT2D eigenvalue weighted by atomic mass is 16.5. The predicted molar refractivity (Wildman–Crippen MR) is 111 cm³/mol. The minimum atomic E-state index is -1.34. The molecule has 0 aromatic heterocycles. The van der Waals surface area contributed by atoms with Gasteiger partial charge in [0.25, 0.3) is 5.91 Å². The number of carbonyl (C=O) groups excluding carboxylic acids is 4. The Bertz CT molecular complexity index is 760. The fourth-order valence-electron chi connectivity index (χ4n) is 3.96. The van der Waals surface area contributed by atoms with Gasteiger partial charge in [-0.05, 0) is 53.9 Å². The fourth-order valence-corrected chi connectivity index (χ4v) is 3.96. The maximum absolute atomic E-state index is 13.1. The van der Waals surface area contributed by atoms with E-state index in [9.17, 15) is 19.2 Å². The predicted octanol–water partition coefficient (Wildman–Crippen LogP) is 1.82. The van der Waals surface area contributed by atoms with Crippen molar-refractivity contribution in [1.82, 2.24) is 10.2 Å². The lowest BCUT2D eigenvalue weighted by molar-refractivity contribution is -0.157. The van der Waals surface area contributed by atoms with Crippen LogP contribution in [0.3, 0.4) is 0 Å². The monoisotopic (exact) mass is 436 g/mol. The van der Waals surface area contributed by atoms with Crippen LogP contribution in [0.4, 0.5) is 0 Å². The average Bonchev–Trinajstić information content (AvgIpc) is 2.71. The van der Waals surface area contributed by atoms with E-state index in [1.165, 1.54) is 0 Å². The highest BCUT2D eigenvalue weighted by Gasteiger charge is 2.42. The third kappa shape index (κ3) is 5.65. The Kier molecular flexibility index (Phi) is 8.65. The SMILES string of the molecule is CCOC(=O)C1=C(C)NC(C)=C(C(=O)OCC)C1C(=O)OCC(=O)N1CCCC[C@H]1C. The van der Waals surface area contributed by atoms with Crippen molar-refractivity contribution in [2.75, 3.05) is 26.4 Å². The number of nitrogens with zero attached hydrogens (tertiary/aromatic N) is 1. The Morgan fingerprint density at radius 3 is 1.97 bits per heavy atom. The molecule has 2 aliphatic heterocycles. The molecule has 2 rings (SSSR count). The number of esters is 3. The van der Waals surface area contributed by atoms with Crippen molar-refractivity contribution in [3.05, 3.63) is 22.5 Å². The molecule has 0 aromatic rings. The zero-order valence-electron chi connectivity index (χ0n) is 18.9. The number of amides is 1. The van der Waals surface area contributed by atoms with Gasteiger partial charge < -0.3 is 24.4 Å². The molecule has 1 saturated heterocycles. The lowest BCUT2D eigenvalue weighted by Gasteiger charge is -2.33. The Labute approximate surface area is 182 Å². The topological polar surface area (TPSA) is 111 Å². The van der Waals surface area contributed by atoms with E-state index in [0.29, 0.717) is 17.9 Å². The molecule has 0 aliphatic carbocycles. The third-order valence-corrected chi connectivity index (χ3v) is 5.45. The summed E-state index contributed by atoms with van der Waals surface area (Å²) >= 11 is 0. The maximum Gasteiger partial charge on any atom is 0.337 e. The van der Waals surface area contributed by atoms with E-state index in [4.69, 9.17) is 14.2 Å². The van der Waals surface area contributed by atoms with Crippen LogP contribution in [-0.2, 0) is 33.4 Å². The first-order chi connectivity index (χ1) is 14.7. The van der Waals surface area contributed by atoms with Gasteiger partial charge in [0.1, 0.15) is 5.92 Å². The quantitative estimate of drug-likeness (QED) is 0.475. The van der Waals surface area contributed by atoms with Crippen LogP contribution in [0, 0.1) is 5.92 Å². The maximum atomic E-state index is 13.1. The van der Waals surface area contributed by atoms with E-state index in [1.807, 2.05) is 6.92 Å². The van der Waals surface area contributed by atoms with E-state index in [2.05, 4.69) is 5.32 Å². The summed E-state index contributed by atoms with van der Waals surface area (Å²) in [5.74, 6) is -3.99. The van der Waals surface area contributed by atoms with Gasteiger partial charge in [-0.25, -0.2) is 9.59 Å². The number of piperidine rings is 1. The van der Waals surface area contributed by atoms with E-state index in [-0.39, 0.29) is 36.3 Å². The average molecular weight is 437 g/mol. The molecule has 0 unspecified atom stereocenters. The minimum Gasteiger partial charge on any atom is -0.463 e. The lowest BCUT2D eigenvalue weighted by atomic mass is 9.85. The van der Waals surface area contributed by atoms with Gasteiger partial charge in [0.15, 0.2) is 6.61 Å². The van der Waals surface area contributed by atoms with Crippen LogP contribution in [0.1, 0.15) is 53.9 Å². The minimum absolute atomic E-state index is 0.0284. The van der Waals surface area contributed by atoms with E-state index in [0.717, 1.165) is 19.3 Å². The lowest BCUT2D eigenvalue weighted by Crippen LogP contribution is -2.45. The molecule has 1 N–H and O–H groups in total. The van der Waals surface area contributed by atoms with E-state index in [1.54, 1.807) is 32.6 Å². The van der Waals surface area contributed by atoms with Crippen LogP contribution in [0.25, 0.3) is 0 Å². The molecule has 0 radical (unpaired) electrons. The second-order valence-corrected chi connectivity index (χ2v) is 7.62. The van der Waals surface area contributed by atoms with Crippen LogP contribution in [-0.4, -0.2) is 61.1 Å². The number of likely N-dealkylation sites (tertiary alicyclic amines) is 1. The van der Waals surface area contributed by atoms with Gasteiger partial charge in [-0.2, -0.15) is 0 Å². The molecular weight excluding hydrogens is 404 g/mol. The van der Waals surface area contributed by atoms with Crippen LogP contribution in [0.15, 0.2) is 22.5 Å². The summed E-state index contributed by atoms with van der Waals surface area (Å²) in [5, 5.41) is 2.94. The van der Waals surface area contributed by atoms with Crippen molar-refractivity contribution in [2.24, 2.45) is 5.92 Å². The van der Waals surface area contributed by atoms with E-state index >= 15 is 0 Å². The smallest absolute Gasteiger partial charge is 0.337 e. The second kappa shape index (κ2) is 11.0. The first kappa shape index (κ1) is 24.4.